The Bertz CT molecular complexity index is 904. The molecule has 0 unspecified atom stereocenters. The van der Waals surface area contributed by atoms with E-state index < -0.39 is 0 Å². The monoisotopic (exact) mass is 366 g/mol. The summed E-state index contributed by atoms with van der Waals surface area (Å²) in [5, 5.41) is 3.11. The van der Waals surface area contributed by atoms with Gasteiger partial charge in [0.05, 0.1) is 19.8 Å². The Balaban J connectivity index is 2.07. The van der Waals surface area contributed by atoms with Crippen molar-refractivity contribution in [2.24, 2.45) is 0 Å². The average Bonchev–Trinajstić information content (AvgIpc) is 2.92. The first-order valence-electron chi connectivity index (χ1n) is 8.64. The van der Waals surface area contributed by atoms with E-state index in [-0.39, 0.29) is 23.6 Å². The fourth-order valence-electron chi connectivity index (χ4n) is 3.06. The van der Waals surface area contributed by atoms with Gasteiger partial charge in [-0.1, -0.05) is 30.3 Å². The number of carbonyl (C=O) groups excluding carboxylic acids is 2. The van der Waals surface area contributed by atoms with Gasteiger partial charge in [0, 0.05) is 17.8 Å². The molecule has 140 valence electrons. The van der Waals surface area contributed by atoms with Gasteiger partial charge < -0.3 is 14.8 Å². The summed E-state index contributed by atoms with van der Waals surface area (Å²) in [7, 11) is 3.10. The molecule has 6 nitrogen and oxygen atoms in total. The van der Waals surface area contributed by atoms with Crippen LogP contribution in [0.2, 0.25) is 0 Å². The van der Waals surface area contributed by atoms with Gasteiger partial charge in [-0.05, 0) is 31.5 Å². The van der Waals surface area contributed by atoms with E-state index in [1.165, 1.54) is 4.90 Å². The van der Waals surface area contributed by atoms with Crippen molar-refractivity contribution < 1.29 is 19.1 Å². The minimum atomic E-state index is -0.344. The Morgan fingerprint density at radius 2 is 1.56 bits per heavy atom. The fraction of sp³-hybridized carbons (Fsp3) is 0.238. The van der Waals surface area contributed by atoms with Gasteiger partial charge in [-0.15, -0.1) is 0 Å². The second-order valence-electron chi connectivity index (χ2n) is 6.38. The number of benzene rings is 2. The number of nitrogens with zero attached hydrogens (tertiary/aromatic N) is 1. The first-order valence-corrected chi connectivity index (χ1v) is 8.64. The Morgan fingerprint density at radius 1 is 0.889 bits per heavy atom. The maximum absolute atomic E-state index is 13.0. The molecule has 0 aliphatic carbocycles. The van der Waals surface area contributed by atoms with Crippen molar-refractivity contribution in [1.29, 1.82) is 0 Å². The molecule has 1 N–H and O–H groups in total. The van der Waals surface area contributed by atoms with E-state index in [1.54, 1.807) is 32.4 Å². The smallest absolute Gasteiger partial charge is 0.278 e. The minimum absolute atomic E-state index is 0.242. The van der Waals surface area contributed by atoms with Crippen LogP contribution in [0, 0.1) is 0 Å². The molecule has 2 aromatic rings. The summed E-state index contributed by atoms with van der Waals surface area (Å²) in [6.07, 6.45) is 0. The molecule has 2 aromatic carbocycles. The number of hydrogen-bond acceptors (Lipinski definition) is 5. The number of anilines is 1. The van der Waals surface area contributed by atoms with E-state index >= 15 is 0 Å². The van der Waals surface area contributed by atoms with Crippen LogP contribution < -0.4 is 14.8 Å². The summed E-state index contributed by atoms with van der Waals surface area (Å²) in [6.45, 7) is 3.63. The quantitative estimate of drug-likeness (QED) is 0.795. The Hall–Kier alpha value is -3.28. The molecular formula is C21H22N2O4. The first kappa shape index (κ1) is 18.5. The van der Waals surface area contributed by atoms with E-state index in [1.807, 2.05) is 44.2 Å². The van der Waals surface area contributed by atoms with Crippen LogP contribution in [0.15, 0.2) is 54.2 Å². The summed E-state index contributed by atoms with van der Waals surface area (Å²) < 4.78 is 10.6. The highest BCUT2D eigenvalue weighted by Crippen LogP contribution is 2.34. The molecule has 0 bridgehead atoms. The second-order valence-corrected chi connectivity index (χ2v) is 6.38. The molecule has 0 spiro atoms. The molecule has 1 aliphatic heterocycles. The van der Waals surface area contributed by atoms with Gasteiger partial charge in [0.25, 0.3) is 11.8 Å². The van der Waals surface area contributed by atoms with Gasteiger partial charge in [0.1, 0.15) is 5.70 Å². The Morgan fingerprint density at radius 3 is 2.15 bits per heavy atom. The number of imide groups is 1. The molecule has 0 radical (unpaired) electrons. The number of nitrogens with one attached hydrogen (secondary N) is 1. The van der Waals surface area contributed by atoms with Crippen LogP contribution in [-0.2, 0) is 9.59 Å². The summed E-state index contributed by atoms with van der Waals surface area (Å²) in [5.74, 6) is 0.465. The third-order valence-corrected chi connectivity index (χ3v) is 4.35. The molecule has 0 aromatic heterocycles. The minimum Gasteiger partial charge on any atom is -0.493 e. The van der Waals surface area contributed by atoms with E-state index in [2.05, 4.69) is 5.32 Å². The third-order valence-electron chi connectivity index (χ3n) is 4.35. The highest BCUT2D eigenvalue weighted by atomic mass is 16.5. The molecule has 27 heavy (non-hydrogen) atoms. The van der Waals surface area contributed by atoms with Crippen molar-refractivity contribution in [1.82, 2.24) is 4.90 Å². The van der Waals surface area contributed by atoms with Gasteiger partial charge in [0.2, 0.25) is 0 Å². The predicted octanol–water partition coefficient (Wildman–Crippen LogP) is 3.30. The molecule has 0 saturated carbocycles. The lowest BCUT2D eigenvalue weighted by Crippen LogP contribution is -2.38. The SMILES string of the molecule is COc1ccc(NC2=C(c3ccccc3)C(=O)N(C(C)C)C2=O)cc1OC. The van der Waals surface area contributed by atoms with Crippen LogP contribution in [0.25, 0.3) is 5.57 Å². The molecule has 0 fully saturated rings. The van der Waals surface area contributed by atoms with E-state index in [4.69, 9.17) is 9.47 Å². The zero-order chi connectivity index (χ0) is 19.6. The summed E-state index contributed by atoms with van der Waals surface area (Å²) in [6, 6.07) is 14.2. The number of methoxy groups -OCH3 is 2. The first-order chi connectivity index (χ1) is 13.0. The molecule has 6 heteroatoms. The highest BCUT2D eigenvalue weighted by molar-refractivity contribution is 6.36. The van der Waals surface area contributed by atoms with Crippen molar-refractivity contribution in [2.75, 3.05) is 19.5 Å². The lowest BCUT2D eigenvalue weighted by Gasteiger charge is -2.19. The maximum Gasteiger partial charge on any atom is 0.278 e. The van der Waals surface area contributed by atoms with Crippen molar-refractivity contribution in [3.63, 3.8) is 0 Å². The van der Waals surface area contributed by atoms with Crippen molar-refractivity contribution in [2.45, 2.75) is 19.9 Å². The zero-order valence-corrected chi connectivity index (χ0v) is 15.8. The maximum atomic E-state index is 13.0. The van der Waals surface area contributed by atoms with E-state index in [0.717, 1.165) is 0 Å². The topological polar surface area (TPSA) is 67.9 Å². The number of hydrogen-bond donors (Lipinski definition) is 1. The summed E-state index contributed by atoms with van der Waals surface area (Å²) >= 11 is 0. The lowest BCUT2D eigenvalue weighted by atomic mass is 10.0. The normalized spacial score (nSPS) is 14.2. The number of carbonyl (C=O) groups is 2. The average molecular weight is 366 g/mol. The largest absolute Gasteiger partial charge is 0.493 e. The van der Waals surface area contributed by atoms with Crippen molar-refractivity contribution >= 4 is 23.1 Å². The number of rotatable bonds is 6. The van der Waals surface area contributed by atoms with Crippen LogP contribution in [-0.4, -0.2) is 37.0 Å². The standard InChI is InChI=1S/C21H22N2O4/c1-13(2)23-20(24)18(14-8-6-5-7-9-14)19(21(23)25)22-15-10-11-16(26-3)17(12-15)27-4/h5-13,22H,1-4H3. The summed E-state index contributed by atoms with van der Waals surface area (Å²) in [4.78, 5) is 27.2. The van der Waals surface area contributed by atoms with E-state index in [9.17, 15) is 9.59 Å². The molecule has 0 saturated heterocycles. The fourth-order valence-corrected chi connectivity index (χ4v) is 3.06. The number of ether oxygens (including phenoxy) is 2. The molecular weight excluding hydrogens is 344 g/mol. The molecule has 3 rings (SSSR count). The molecule has 0 atom stereocenters. The van der Waals surface area contributed by atoms with Crippen LogP contribution in [0.4, 0.5) is 5.69 Å². The lowest BCUT2D eigenvalue weighted by molar-refractivity contribution is -0.138. The number of amides is 2. The van der Waals surface area contributed by atoms with Gasteiger partial charge in [-0.2, -0.15) is 0 Å². The summed E-state index contributed by atoms with van der Waals surface area (Å²) in [5.41, 5.74) is 1.95. The van der Waals surface area contributed by atoms with Crippen LogP contribution in [0.1, 0.15) is 19.4 Å². The molecule has 1 aliphatic rings. The second kappa shape index (κ2) is 7.53. The Kier molecular flexibility index (Phi) is 5.16. The van der Waals surface area contributed by atoms with Crippen molar-refractivity contribution in [3.8, 4) is 11.5 Å². The highest BCUT2D eigenvalue weighted by Gasteiger charge is 2.40. The van der Waals surface area contributed by atoms with Crippen LogP contribution in [0.3, 0.4) is 0 Å². The Labute approximate surface area is 158 Å². The molecule has 1 heterocycles. The van der Waals surface area contributed by atoms with Gasteiger partial charge in [-0.3, -0.25) is 14.5 Å². The van der Waals surface area contributed by atoms with Gasteiger partial charge in [0.15, 0.2) is 11.5 Å². The van der Waals surface area contributed by atoms with Crippen molar-refractivity contribution in [3.05, 3.63) is 59.8 Å². The van der Waals surface area contributed by atoms with Crippen LogP contribution in [0.5, 0.6) is 11.5 Å². The van der Waals surface area contributed by atoms with Gasteiger partial charge in [-0.25, -0.2) is 0 Å². The zero-order valence-electron chi connectivity index (χ0n) is 15.8. The van der Waals surface area contributed by atoms with E-state index in [0.29, 0.717) is 28.3 Å². The third kappa shape index (κ3) is 3.38. The molecule has 2 amide bonds. The van der Waals surface area contributed by atoms with Crippen LogP contribution >= 0.6 is 0 Å². The predicted molar refractivity (Wildman–Crippen MR) is 104 cm³/mol. The van der Waals surface area contributed by atoms with Gasteiger partial charge >= 0.3 is 0 Å².